The number of halogens is 1. The molecule has 0 aliphatic carbocycles. The van der Waals surface area contributed by atoms with Crippen LogP contribution in [0.4, 0.5) is 17.1 Å². The number of benzene rings is 2. The average molecular weight is 406 g/mol. The van der Waals surface area contributed by atoms with E-state index in [-0.39, 0.29) is 18.5 Å². The van der Waals surface area contributed by atoms with E-state index in [1.54, 1.807) is 24.3 Å². The van der Waals surface area contributed by atoms with Crippen LogP contribution in [0, 0.1) is 10.1 Å². The van der Waals surface area contributed by atoms with Crippen LogP contribution < -0.4 is 10.6 Å². The van der Waals surface area contributed by atoms with Gasteiger partial charge in [0.05, 0.1) is 11.3 Å². The van der Waals surface area contributed by atoms with Crippen LogP contribution in [-0.2, 0) is 19.1 Å². The highest BCUT2D eigenvalue weighted by molar-refractivity contribution is 6.30. The maximum Gasteiger partial charge on any atom is 0.306 e. The molecule has 0 aliphatic rings. The number of non-ortho nitro benzene ring substituents is 1. The van der Waals surface area contributed by atoms with Crippen molar-refractivity contribution in [3.63, 3.8) is 0 Å². The Morgan fingerprint density at radius 1 is 0.964 bits per heavy atom. The fraction of sp³-hybridized carbons (Fsp3) is 0.167. The summed E-state index contributed by atoms with van der Waals surface area (Å²) in [6.07, 6.45) is -0.380. The number of ether oxygens (including phenoxy) is 1. The van der Waals surface area contributed by atoms with Crippen LogP contribution in [0.3, 0.4) is 0 Å². The summed E-state index contributed by atoms with van der Waals surface area (Å²) in [4.78, 5) is 45.2. The van der Waals surface area contributed by atoms with Gasteiger partial charge in [0.15, 0.2) is 6.61 Å². The van der Waals surface area contributed by atoms with Crippen molar-refractivity contribution in [2.24, 2.45) is 0 Å². The Morgan fingerprint density at radius 3 is 2.29 bits per heavy atom. The number of hydrogen-bond acceptors (Lipinski definition) is 6. The van der Waals surface area contributed by atoms with E-state index < -0.39 is 29.3 Å². The van der Waals surface area contributed by atoms with Crippen molar-refractivity contribution in [2.75, 3.05) is 17.2 Å². The first-order chi connectivity index (χ1) is 13.3. The van der Waals surface area contributed by atoms with Gasteiger partial charge in [-0.05, 0) is 30.3 Å². The molecule has 2 aromatic rings. The molecular weight excluding hydrogens is 390 g/mol. The standard InChI is InChI=1S/C18H16ClN3O6/c19-12-2-1-3-14(10-12)21-17(24)11-28-18(25)9-8-16(23)20-13-4-6-15(7-5-13)22(26)27/h1-7,10H,8-9,11H2,(H,20,23)(H,21,24). The topological polar surface area (TPSA) is 128 Å². The van der Waals surface area contributed by atoms with Crippen molar-refractivity contribution in [2.45, 2.75) is 12.8 Å². The largest absolute Gasteiger partial charge is 0.456 e. The predicted octanol–water partition coefficient (Wildman–Crippen LogP) is 3.15. The summed E-state index contributed by atoms with van der Waals surface area (Å²) in [6, 6.07) is 11.8. The smallest absolute Gasteiger partial charge is 0.306 e. The van der Waals surface area contributed by atoms with E-state index in [1.807, 2.05) is 0 Å². The van der Waals surface area contributed by atoms with E-state index in [1.165, 1.54) is 24.3 Å². The highest BCUT2D eigenvalue weighted by Gasteiger charge is 2.12. The molecule has 0 bridgehead atoms. The number of nitro benzene ring substituents is 1. The Hall–Kier alpha value is -3.46. The van der Waals surface area contributed by atoms with Crippen LogP contribution in [0.25, 0.3) is 0 Å². The van der Waals surface area contributed by atoms with Gasteiger partial charge in [0.2, 0.25) is 5.91 Å². The van der Waals surface area contributed by atoms with Crippen molar-refractivity contribution in [1.82, 2.24) is 0 Å². The maximum atomic E-state index is 11.8. The number of carbonyl (C=O) groups excluding carboxylic acids is 3. The normalized spacial score (nSPS) is 10.0. The first kappa shape index (κ1) is 20.8. The molecule has 0 heterocycles. The molecule has 0 aliphatic heterocycles. The molecule has 0 saturated carbocycles. The number of nitrogens with one attached hydrogen (secondary N) is 2. The molecule has 0 atom stereocenters. The summed E-state index contributed by atoms with van der Waals surface area (Å²) in [5, 5.41) is 16.0. The van der Waals surface area contributed by atoms with Crippen molar-refractivity contribution in [3.05, 3.63) is 63.7 Å². The fourth-order valence-electron chi connectivity index (χ4n) is 2.09. The van der Waals surface area contributed by atoms with E-state index in [4.69, 9.17) is 16.3 Å². The number of hydrogen-bond donors (Lipinski definition) is 2. The molecule has 10 heteroatoms. The third kappa shape index (κ3) is 7.04. The number of carbonyl (C=O) groups is 3. The number of anilines is 2. The van der Waals surface area contributed by atoms with Gasteiger partial charge in [-0.3, -0.25) is 24.5 Å². The van der Waals surface area contributed by atoms with Gasteiger partial charge in [-0.1, -0.05) is 17.7 Å². The molecule has 0 saturated heterocycles. The third-order valence-corrected chi connectivity index (χ3v) is 3.63. The van der Waals surface area contributed by atoms with Crippen LogP contribution in [0.5, 0.6) is 0 Å². The van der Waals surface area contributed by atoms with Crippen molar-refractivity contribution in [3.8, 4) is 0 Å². The van der Waals surface area contributed by atoms with Crippen LogP contribution in [-0.4, -0.2) is 29.3 Å². The quantitative estimate of drug-likeness (QED) is 0.394. The zero-order valence-electron chi connectivity index (χ0n) is 14.5. The van der Waals surface area contributed by atoms with Gasteiger partial charge in [-0.15, -0.1) is 0 Å². The maximum absolute atomic E-state index is 11.8. The molecule has 2 aromatic carbocycles. The highest BCUT2D eigenvalue weighted by Crippen LogP contribution is 2.16. The average Bonchev–Trinajstić information content (AvgIpc) is 2.65. The minimum atomic E-state index is -0.708. The zero-order valence-corrected chi connectivity index (χ0v) is 15.3. The summed E-state index contributed by atoms with van der Waals surface area (Å²) < 4.78 is 4.81. The number of nitro groups is 1. The van der Waals surface area contributed by atoms with Crippen molar-refractivity contribution >= 4 is 46.4 Å². The van der Waals surface area contributed by atoms with E-state index in [0.29, 0.717) is 16.4 Å². The van der Waals surface area contributed by atoms with Crippen LogP contribution >= 0.6 is 11.6 Å². The fourth-order valence-corrected chi connectivity index (χ4v) is 2.28. The Bertz CT molecular complexity index is 885. The van der Waals surface area contributed by atoms with E-state index in [9.17, 15) is 24.5 Å². The summed E-state index contributed by atoms with van der Waals surface area (Å²) >= 11 is 5.80. The second kappa shape index (κ2) is 10.0. The molecule has 0 radical (unpaired) electrons. The van der Waals surface area contributed by atoms with E-state index in [0.717, 1.165) is 0 Å². The molecular formula is C18H16ClN3O6. The van der Waals surface area contributed by atoms with Gasteiger partial charge in [0.25, 0.3) is 11.6 Å². The van der Waals surface area contributed by atoms with Crippen LogP contribution in [0.15, 0.2) is 48.5 Å². The molecule has 28 heavy (non-hydrogen) atoms. The number of esters is 1. The minimum absolute atomic E-state index is 0.0994. The zero-order chi connectivity index (χ0) is 20.5. The molecule has 9 nitrogen and oxygen atoms in total. The molecule has 146 valence electrons. The number of nitrogens with zero attached hydrogens (tertiary/aromatic N) is 1. The van der Waals surface area contributed by atoms with Gasteiger partial charge in [0, 0.05) is 35.0 Å². The van der Waals surface area contributed by atoms with Crippen LogP contribution in [0.2, 0.25) is 5.02 Å². The second-order valence-electron chi connectivity index (χ2n) is 5.57. The second-order valence-corrected chi connectivity index (χ2v) is 6.01. The summed E-state index contributed by atoms with van der Waals surface area (Å²) in [5.74, 6) is -1.71. The Kier molecular flexibility index (Phi) is 7.46. The Labute approximate surface area is 164 Å². The van der Waals surface area contributed by atoms with E-state index >= 15 is 0 Å². The molecule has 2 N–H and O–H groups in total. The SMILES string of the molecule is O=C(CCC(=O)OCC(=O)Nc1cccc(Cl)c1)Nc1ccc([N+](=O)[O-])cc1. The summed E-state index contributed by atoms with van der Waals surface area (Å²) in [6.45, 7) is -0.491. The Morgan fingerprint density at radius 2 is 1.64 bits per heavy atom. The third-order valence-electron chi connectivity index (χ3n) is 3.39. The highest BCUT2D eigenvalue weighted by atomic mass is 35.5. The van der Waals surface area contributed by atoms with E-state index in [2.05, 4.69) is 10.6 Å². The molecule has 2 rings (SSSR count). The van der Waals surface area contributed by atoms with Crippen LogP contribution in [0.1, 0.15) is 12.8 Å². The van der Waals surface area contributed by atoms with Crippen molar-refractivity contribution in [1.29, 1.82) is 0 Å². The molecule has 0 spiro atoms. The molecule has 0 aromatic heterocycles. The van der Waals surface area contributed by atoms with Gasteiger partial charge < -0.3 is 15.4 Å². The lowest BCUT2D eigenvalue weighted by atomic mass is 10.2. The lowest BCUT2D eigenvalue weighted by Crippen LogP contribution is -2.21. The van der Waals surface area contributed by atoms with Gasteiger partial charge in [-0.2, -0.15) is 0 Å². The van der Waals surface area contributed by atoms with Gasteiger partial charge in [0.1, 0.15) is 0 Å². The first-order valence-electron chi connectivity index (χ1n) is 8.09. The lowest BCUT2D eigenvalue weighted by Gasteiger charge is -2.07. The number of amides is 2. The number of rotatable bonds is 8. The summed E-state index contributed by atoms with van der Waals surface area (Å²) in [5.41, 5.74) is 0.735. The predicted molar refractivity (Wildman–Crippen MR) is 102 cm³/mol. The molecule has 2 amide bonds. The minimum Gasteiger partial charge on any atom is -0.456 e. The van der Waals surface area contributed by atoms with Gasteiger partial charge >= 0.3 is 5.97 Å². The van der Waals surface area contributed by atoms with Crippen molar-refractivity contribution < 1.29 is 24.0 Å². The first-order valence-corrected chi connectivity index (χ1v) is 8.46. The monoisotopic (exact) mass is 405 g/mol. The van der Waals surface area contributed by atoms with Gasteiger partial charge in [-0.25, -0.2) is 0 Å². The Balaban J connectivity index is 1.69. The lowest BCUT2D eigenvalue weighted by molar-refractivity contribution is -0.384. The molecule has 0 fully saturated rings. The molecule has 0 unspecified atom stereocenters. The summed E-state index contributed by atoms with van der Waals surface area (Å²) in [7, 11) is 0.